The van der Waals surface area contributed by atoms with Crippen LogP contribution >= 0.6 is 11.3 Å². The van der Waals surface area contributed by atoms with E-state index in [1.54, 1.807) is 11.6 Å². The first-order chi connectivity index (χ1) is 10.1. The SMILES string of the molecule is Cc1c(C(C)(C)C)sc(=NC(=O)c2cccc(F)c2F)n1C. The molecule has 2 rings (SSSR count). The van der Waals surface area contributed by atoms with Crippen LogP contribution in [-0.4, -0.2) is 10.5 Å². The first-order valence-corrected chi connectivity index (χ1v) is 7.64. The first-order valence-electron chi connectivity index (χ1n) is 6.83. The van der Waals surface area contributed by atoms with Crippen molar-refractivity contribution in [3.8, 4) is 0 Å². The summed E-state index contributed by atoms with van der Waals surface area (Å²) in [6.45, 7) is 8.17. The van der Waals surface area contributed by atoms with E-state index < -0.39 is 17.5 Å². The second-order valence-corrected chi connectivity index (χ2v) is 7.10. The molecule has 0 aliphatic heterocycles. The molecule has 3 nitrogen and oxygen atoms in total. The Labute approximate surface area is 132 Å². The fourth-order valence-electron chi connectivity index (χ4n) is 2.14. The summed E-state index contributed by atoms with van der Waals surface area (Å²) < 4.78 is 28.7. The lowest BCUT2D eigenvalue weighted by Crippen LogP contribution is -2.15. The second-order valence-electron chi connectivity index (χ2n) is 6.13. The summed E-state index contributed by atoms with van der Waals surface area (Å²) >= 11 is 1.39. The van der Waals surface area contributed by atoms with Gasteiger partial charge in [0.25, 0.3) is 5.91 Å². The van der Waals surface area contributed by atoms with Gasteiger partial charge in [-0.3, -0.25) is 4.79 Å². The molecule has 0 saturated carbocycles. The Morgan fingerprint density at radius 1 is 1.27 bits per heavy atom. The summed E-state index contributed by atoms with van der Waals surface area (Å²) in [7, 11) is 1.80. The van der Waals surface area contributed by atoms with Crippen molar-refractivity contribution in [2.45, 2.75) is 33.1 Å². The molecular formula is C16H18F2N2OS. The standard InChI is InChI=1S/C16H18F2N2OS/c1-9-13(16(2,3)4)22-15(20(9)5)19-14(21)10-7-6-8-11(17)12(10)18/h6-8H,1-5H3. The molecule has 0 atom stereocenters. The summed E-state index contributed by atoms with van der Waals surface area (Å²) in [6.07, 6.45) is 0. The van der Waals surface area contributed by atoms with Crippen LogP contribution in [0.5, 0.6) is 0 Å². The van der Waals surface area contributed by atoms with Gasteiger partial charge in [-0.05, 0) is 24.5 Å². The van der Waals surface area contributed by atoms with Crippen LogP contribution in [0.3, 0.4) is 0 Å². The van der Waals surface area contributed by atoms with E-state index in [2.05, 4.69) is 25.8 Å². The molecule has 6 heteroatoms. The van der Waals surface area contributed by atoms with Crippen molar-refractivity contribution >= 4 is 17.2 Å². The van der Waals surface area contributed by atoms with Crippen LogP contribution in [0.2, 0.25) is 0 Å². The minimum atomic E-state index is -1.16. The third kappa shape index (κ3) is 3.02. The molecule has 0 fully saturated rings. The summed E-state index contributed by atoms with van der Waals surface area (Å²) in [6, 6.07) is 3.50. The van der Waals surface area contributed by atoms with Crippen LogP contribution in [-0.2, 0) is 12.5 Å². The van der Waals surface area contributed by atoms with Crippen molar-refractivity contribution < 1.29 is 13.6 Å². The molecule has 0 radical (unpaired) electrons. The highest BCUT2D eigenvalue weighted by Crippen LogP contribution is 2.27. The number of benzene rings is 1. The van der Waals surface area contributed by atoms with Crippen LogP contribution < -0.4 is 4.80 Å². The van der Waals surface area contributed by atoms with Gasteiger partial charge in [0.15, 0.2) is 16.4 Å². The average molecular weight is 324 g/mol. The molecule has 1 heterocycles. The Morgan fingerprint density at radius 2 is 1.91 bits per heavy atom. The molecule has 1 aromatic carbocycles. The Hall–Kier alpha value is -1.82. The molecule has 0 saturated heterocycles. The molecule has 1 amide bonds. The van der Waals surface area contributed by atoms with Crippen LogP contribution in [0.1, 0.15) is 41.7 Å². The number of aromatic nitrogens is 1. The summed E-state index contributed by atoms with van der Waals surface area (Å²) in [5.74, 6) is -3.00. The minimum Gasteiger partial charge on any atom is -0.324 e. The number of amides is 1. The van der Waals surface area contributed by atoms with E-state index in [1.165, 1.54) is 23.5 Å². The van der Waals surface area contributed by atoms with Gasteiger partial charge in [0.2, 0.25) is 0 Å². The first kappa shape index (κ1) is 16.5. The molecule has 118 valence electrons. The van der Waals surface area contributed by atoms with Gasteiger partial charge in [0, 0.05) is 17.6 Å². The van der Waals surface area contributed by atoms with Gasteiger partial charge in [-0.1, -0.05) is 26.8 Å². The summed E-state index contributed by atoms with van der Waals surface area (Å²) in [5, 5.41) is 0. The lowest BCUT2D eigenvalue weighted by molar-refractivity contribution is 0.0993. The summed E-state index contributed by atoms with van der Waals surface area (Å²) in [5.41, 5.74) is 0.570. The molecule has 0 aliphatic rings. The number of thiazole rings is 1. The Morgan fingerprint density at radius 3 is 2.45 bits per heavy atom. The number of carbonyl (C=O) groups is 1. The van der Waals surface area contributed by atoms with Gasteiger partial charge < -0.3 is 4.57 Å². The fraction of sp³-hybridized carbons (Fsp3) is 0.375. The zero-order valence-corrected chi connectivity index (χ0v) is 14.0. The monoisotopic (exact) mass is 324 g/mol. The molecule has 0 unspecified atom stereocenters. The lowest BCUT2D eigenvalue weighted by atomic mass is 9.93. The van der Waals surface area contributed by atoms with E-state index in [0.717, 1.165) is 16.6 Å². The number of halogens is 2. The summed E-state index contributed by atoms with van der Waals surface area (Å²) in [4.78, 5) is 17.7. The predicted molar refractivity (Wildman–Crippen MR) is 83.0 cm³/mol. The largest absolute Gasteiger partial charge is 0.324 e. The predicted octanol–water partition coefficient (Wildman–Crippen LogP) is 3.71. The second kappa shape index (κ2) is 5.76. The number of carbonyl (C=O) groups excluding carboxylic acids is 1. The maximum Gasteiger partial charge on any atom is 0.282 e. The average Bonchev–Trinajstić information content (AvgIpc) is 2.70. The quantitative estimate of drug-likeness (QED) is 0.787. The van der Waals surface area contributed by atoms with Crippen LogP contribution in [0.15, 0.2) is 23.2 Å². The van der Waals surface area contributed by atoms with E-state index in [1.807, 2.05) is 6.92 Å². The van der Waals surface area contributed by atoms with E-state index in [9.17, 15) is 13.6 Å². The van der Waals surface area contributed by atoms with Crippen molar-refractivity contribution in [2.24, 2.45) is 12.0 Å². The topological polar surface area (TPSA) is 34.4 Å². The maximum absolute atomic E-state index is 13.7. The zero-order chi connectivity index (χ0) is 16.7. The van der Waals surface area contributed by atoms with Crippen molar-refractivity contribution in [2.75, 3.05) is 0 Å². The molecule has 0 spiro atoms. The highest BCUT2D eigenvalue weighted by molar-refractivity contribution is 7.09. The fourth-order valence-corrected chi connectivity index (χ4v) is 3.31. The number of hydrogen-bond acceptors (Lipinski definition) is 2. The molecular weight excluding hydrogens is 306 g/mol. The van der Waals surface area contributed by atoms with Crippen molar-refractivity contribution in [1.82, 2.24) is 4.57 Å². The van der Waals surface area contributed by atoms with E-state index in [4.69, 9.17) is 0 Å². The molecule has 22 heavy (non-hydrogen) atoms. The highest BCUT2D eigenvalue weighted by Gasteiger charge is 2.21. The van der Waals surface area contributed by atoms with E-state index >= 15 is 0 Å². The van der Waals surface area contributed by atoms with Crippen LogP contribution in [0.25, 0.3) is 0 Å². The van der Waals surface area contributed by atoms with Crippen LogP contribution in [0.4, 0.5) is 8.78 Å². The normalized spacial score (nSPS) is 12.8. The lowest BCUT2D eigenvalue weighted by Gasteiger charge is -2.17. The van der Waals surface area contributed by atoms with E-state index in [-0.39, 0.29) is 11.0 Å². The van der Waals surface area contributed by atoms with Gasteiger partial charge in [0.1, 0.15) is 0 Å². The van der Waals surface area contributed by atoms with Gasteiger partial charge in [-0.2, -0.15) is 4.99 Å². The van der Waals surface area contributed by atoms with Crippen molar-refractivity contribution in [3.05, 3.63) is 50.8 Å². The maximum atomic E-state index is 13.7. The number of hydrogen-bond donors (Lipinski definition) is 0. The van der Waals surface area contributed by atoms with E-state index in [0.29, 0.717) is 4.80 Å². The molecule has 2 aromatic rings. The zero-order valence-electron chi connectivity index (χ0n) is 13.2. The Bertz CT molecular complexity index is 797. The minimum absolute atomic E-state index is 0.0760. The van der Waals surface area contributed by atoms with Gasteiger partial charge in [-0.15, -0.1) is 11.3 Å². The highest BCUT2D eigenvalue weighted by atomic mass is 32.1. The third-order valence-electron chi connectivity index (χ3n) is 3.37. The Kier molecular flexibility index (Phi) is 4.33. The third-order valence-corrected chi connectivity index (χ3v) is 5.03. The molecule has 0 bridgehead atoms. The Balaban J connectivity index is 2.55. The van der Waals surface area contributed by atoms with Gasteiger partial charge in [-0.25, -0.2) is 8.78 Å². The number of nitrogens with zero attached hydrogens (tertiary/aromatic N) is 2. The smallest absolute Gasteiger partial charge is 0.282 e. The molecule has 0 N–H and O–H groups in total. The van der Waals surface area contributed by atoms with Gasteiger partial charge in [0.05, 0.1) is 5.56 Å². The van der Waals surface area contributed by atoms with Crippen molar-refractivity contribution in [1.29, 1.82) is 0 Å². The number of rotatable bonds is 1. The van der Waals surface area contributed by atoms with Gasteiger partial charge >= 0.3 is 0 Å². The van der Waals surface area contributed by atoms with Crippen molar-refractivity contribution in [3.63, 3.8) is 0 Å². The molecule has 0 aliphatic carbocycles. The van der Waals surface area contributed by atoms with Crippen LogP contribution in [0, 0.1) is 18.6 Å². The molecule has 1 aromatic heterocycles.